The predicted octanol–water partition coefficient (Wildman–Crippen LogP) is 1.31. The molecular formula is C16H19IN4O5. The van der Waals surface area contributed by atoms with E-state index in [1.807, 2.05) is 6.92 Å². The quantitative estimate of drug-likeness (QED) is 0.301. The lowest BCUT2D eigenvalue weighted by molar-refractivity contribution is -0.384. The van der Waals surface area contributed by atoms with E-state index in [0.717, 1.165) is 9.26 Å². The van der Waals surface area contributed by atoms with E-state index in [-0.39, 0.29) is 18.0 Å². The van der Waals surface area contributed by atoms with Crippen LogP contribution in [0.1, 0.15) is 23.8 Å². The van der Waals surface area contributed by atoms with Crippen LogP contribution in [0.3, 0.4) is 0 Å². The molecule has 2 aromatic rings. The Labute approximate surface area is 163 Å². The van der Waals surface area contributed by atoms with Crippen LogP contribution in [0.25, 0.3) is 0 Å². The zero-order valence-electron chi connectivity index (χ0n) is 14.0. The molecule has 2 atom stereocenters. The fourth-order valence-corrected chi connectivity index (χ4v) is 2.79. The number of halogens is 1. The number of nitrogens with one attached hydrogen (secondary N) is 1. The summed E-state index contributed by atoms with van der Waals surface area (Å²) in [5, 5.41) is 37.2. The van der Waals surface area contributed by atoms with Gasteiger partial charge >= 0.3 is 0 Å². The maximum Gasteiger partial charge on any atom is 0.269 e. The minimum atomic E-state index is -1.18. The normalized spacial score (nSPS) is 13.2. The molecule has 2 rings (SSSR count). The van der Waals surface area contributed by atoms with Crippen LogP contribution in [0, 0.1) is 20.6 Å². The van der Waals surface area contributed by atoms with Gasteiger partial charge in [-0.05, 0) is 47.2 Å². The number of hydrogen-bond donors (Lipinski definition) is 3. The van der Waals surface area contributed by atoms with Gasteiger partial charge in [-0.2, -0.15) is 5.10 Å². The highest BCUT2D eigenvalue weighted by Crippen LogP contribution is 2.20. The van der Waals surface area contributed by atoms with Gasteiger partial charge in [-0.25, -0.2) is 0 Å². The molecule has 0 spiro atoms. The molecule has 1 aromatic carbocycles. The van der Waals surface area contributed by atoms with Gasteiger partial charge in [-0.15, -0.1) is 0 Å². The monoisotopic (exact) mass is 474 g/mol. The summed E-state index contributed by atoms with van der Waals surface area (Å²) in [6.07, 6.45) is 0.669. The Balaban J connectivity index is 1.95. The average Bonchev–Trinajstić information content (AvgIpc) is 2.95. The zero-order chi connectivity index (χ0) is 19.3. The van der Waals surface area contributed by atoms with Crippen LogP contribution in [0.2, 0.25) is 0 Å². The second kappa shape index (κ2) is 9.05. The first kappa shape index (κ1) is 20.3. The molecule has 0 aliphatic heterocycles. The van der Waals surface area contributed by atoms with E-state index in [1.54, 1.807) is 10.9 Å². The number of aryl methyl sites for hydroxylation is 1. The molecule has 10 heteroatoms. The lowest BCUT2D eigenvalue weighted by atomic mass is 10.0. The van der Waals surface area contributed by atoms with Crippen molar-refractivity contribution in [3.8, 4) is 0 Å². The molecule has 2 unspecified atom stereocenters. The van der Waals surface area contributed by atoms with Crippen molar-refractivity contribution in [1.29, 1.82) is 0 Å². The number of rotatable bonds is 8. The van der Waals surface area contributed by atoms with Gasteiger partial charge in [0, 0.05) is 30.8 Å². The number of nitro groups is 1. The van der Waals surface area contributed by atoms with Crippen molar-refractivity contribution >= 4 is 34.2 Å². The first-order chi connectivity index (χ1) is 12.3. The third-order valence-corrected chi connectivity index (χ3v) is 5.02. The van der Waals surface area contributed by atoms with Crippen molar-refractivity contribution in [2.24, 2.45) is 0 Å². The second-order valence-corrected chi connectivity index (χ2v) is 6.86. The summed E-state index contributed by atoms with van der Waals surface area (Å²) in [5.74, 6) is -0.338. The van der Waals surface area contributed by atoms with E-state index in [0.29, 0.717) is 12.1 Å². The van der Waals surface area contributed by atoms with Crippen LogP contribution in [-0.4, -0.2) is 43.5 Å². The molecule has 26 heavy (non-hydrogen) atoms. The van der Waals surface area contributed by atoms with E-state index in [2.05, 4.69) is 33.0 Å². The summed E-state index contributed by atoms with van der Waals surface area (Å²) in [5.41, 5.74) is 1.23. The van der Waals surface area contributed by atoms with Gasteiger partial charge in [0.2, 0.25) is 5.91 Å². The van der Waals surface area contributed by atoms with Gasteiger partial charge in [0.1, 0.15) is 6.10 Å². The summed E-state index contributed by atoms with van der Waals surface area (Å²) < 4.78 is 2.71. The SMILES string of the molecule is Cc1c(I)cnn1CCC(=O)NC(CO)C(O)c1ccc([N+](=O)[O-])cc1. The molecule has 0 bridgehead atoms. The number of hydrogen-bond acceptors (Lipinski definition) is 6. The number of aliphatic hydroxyl groups excluding tert-OH is 2. The molecule has 3 N–H and O–H groups in total. The van der Waals surface area contributed by atoms with E-state index in [9.17, 15) is 25.1 Å². The minimum absolute atomic E-state index is 0.102. The van der Waals surface area contributed by atoms with E-state index < -0.39 is 23.7 Å². The number of benzene rings is 1. The molecule has 9 nitrogen and oxygen atoms in total. The summed E-state index contributed by atoms with van der Waals surface area (Å²) >= 11 is 2.16. The Bertz CT molecular complexity index is 777. The number of aliphatic hydroxyl groups is 2. The summed E-state index contributed by atoms with van der Waals surface area (Å²) in [7, 11) is 0. The Hall–Kier alpha value is -2.05. The summed E-state index contributed by atoms with van der Waals surface area (Å²) in [6.45, 7) is 1.82. The van der Waals surface area contributed by atoms with E-state index >= 15 is 0 Å². The highest BCUT2D eigenvalue weighted by Gasteiger charge is 2.23. The molecule has 140 valence electrons. The molecular weight excluding hydrogens is 455 g/mol. The molecule has 0 aliphatic rings. The number of carbonyl (C=O) groups is 1. The van der Waals surface area contributed by atoms with Gasteiger partial charge in [-0.3, -0.25) is 19.6 Å². The maximum atomic E-state index is 12.1. The largest absolute Gasteiger partial charge is 0.394 e. The maximum absolute atomic E-state index is 12.1. The smallest absolute Gasteiger partial charge is 0.269 e. The van der Waals surface area contributed by atoms with Crippen molar-refractivity contribution in [2.45, 2.75) is 32.0 Å². The molecule has 1 aromatic heterocycles. The third kappa shape index (κ3) is 4.99. The van der Waals surface area contributed by atoms with Crippen molar-refractivity contribution in [3.05, 3.63) is 55.4 Å². The fourth-order valence-electron chi connectivity index (χ4n) is 2.39. The van der Waals surface area contributed by atoms with Crippen molar-refractivity contribution in [3.63, 3.8) is 0 Å². The minimum Gasteiger partial charge on any atom is -0.394 e. The second-order valence-electron chi connectivity index (χ2n) is 5.70. The summed E-state index contributed by atoms with van der Waals surface area (Å²) in [6, 6.07) is 4.40. The lowest BCUT2D eigenvalue weighted by Crippen LogP contribution is -2.42. The molecule has 0 fully saturated rings. The standard InChI is InChI=1S/C16H19IN4O5/c1-10-13(17)8-18-20(10)7-6-15(23)19-14(9-22)16(24)11-2-4-12(5-3-11)21(25)26/h2-5,8,14,16,22,24H,6-7,9H2,1H3,(H,19,23). The third-order valence-electron chi connectivity index (χ3n) is 3.96. The number of non-ortho nitro benzene ring substituents is 1. The van der Waals surface area contributed by atoms with Crippen LogP contribution >= 0.6 is 22.6 Å². The average molecular weight is 474 g/mol. The molecule has 0 saturated carbocycles. The van der Waals surface area contributed by atoms with Crippen molar-refractivity contribution in [1.82, 2.24) is 15.1 Å². The predicted molar refractivity (Wildman–Crippen MR) is 101 cm³/mol. The summed E-state index contributed by atoms with van der Waals surface area (Å²) in [4.78, 5) is 22.2. The topological polar surface area (TPSA) is 131 Å². The molecule has 0 aliphatic carbocycles. The Kier molecular flexibility index (Phi) is 7.06. The molecule has 1 heterocycles. The zero-order valence-corrected chi connectivity index (χ0v) is 16.2. The highest BCUT2D eigenvalue weighted by molar-refractivity contribution is 14.1. The van der Waals surface area contributed by atoms with Gasteiger partial charge < -0.3 is 15.5 Å². The number of carbonyl (C=O) groups excluding carboxylic acids is 1. The number of nitro benzene ring substituents is 1. The lowest BCUT2D eigenvalue weighted by Gasteiger charge is -2.22. The van der Waals surface area contributed by atoms with Crippen LogP contribution < -0.4 is 5.32 Å². The van der Waals surface area contributed by atoms with Crippen LogP contribution in [0.15, 0.2) is 30.5 Å². The molecule has 1 amide bonds. The van der Waals surface area contributed by atoms with E-state index in [4.69, 9.17) is 0 Å². The number of amides is 1. The van der Waals surface area contributed by atoms with E-state index in [1.165, 1.54) is 24.3 Å². The van der Waals surface area contributed by atoms with Crippen molar-refractivity contribution in [2.75, 3.05) is 6.61 Å². The first-order valence-electron chi connectivity index (χ1n) is 7.84. The Morgan fingerprint density at radius 2 is 2.08 bits per heavy atom. The Morgan fingerprint density at radius 1 is 1.42 bits per heavy atom. The van der Waals surface area contributed by atoms with Crippen LogP contribution in [0.5, 0.6) is 0 Å². The number of aromatic nitrogens is 2. The first-order valence-corrected chi connectivity index (χ1v) is 8.92. The van der Waals surface area contributed by atoms with Gasteiger partial charge in [0.15, 0.2) is 0 Å². The van der Waals surface area contributed by atoms with Gasteiger partial charge in [0.25, 0.3) is 5.69 Å². The number of nitrogens with zero attached hydrogens (tertiary/aromatic N) is 3. The molecule has 0 radical (unpaired) electrons. The van der Waals surface area contributed by atoms with Crippen LogP contribution in [-0.2, 0) is 11.3 Å². The molecule has 0 saturated heterocycles. The fraction of sp³-hybridized carbons (Fsp3) is 0.375. The van der Waals surface area contributed by atoms with Crippen LogP contribution in [0.4, 0.5) is 5.69 Å². The highest BCUT2D eigenvalue weighted by atomic mass is 127. The van der Waals surface area contributed by atoms with Gasteiger partial charge in [-0.1, -0.05) is 0 Å². The Morgan fingerprint density at radius 3 is 2.58 bits per heavy atom. The van der Waals surface area contributed by atoms with Crippen molar-refractivity contribution < 1.29 is 19.9 Å². The van der Waals surface area contributed by atoms with Gasteiger partial charge in [0.05, 0.1) is 27.3 Å².